The first-order valence-electron chi connectivity index (χ1n) is 5.28. The van der Waals surface area contributed by atoms with Crippen molar-refractivity contribution in [3.05, 3.63) is 23.4 Å². The van der Waals surface area contributed by atoms with Crippen molar-refractivity contribution in [1.82, 2.24) is 5.32 Å². The number of nitrogens with one attached hydrogen (secondary N) is 1. The van der Waals surface area contributed by atoms with Crippen LogP contribution < -0.4 is 5.32 Å². The molecule has 0 radical (unpaired) electrons. The maximum absolute atomic E-state index is 3.04. The molecule has 0 aliphatic carbocycles. The average molecular weight is 181 g/mol. The van der Waals surface area contributed by atoms with E-state index in [9.17, 15) is 0 Å². The van der Waals surface area contributed by atoms with Gasteiger partial charge >= 0.3 is 0 Å². The zero-order chi connectivity index (χ0) is 10.1. The van der Waals surface area contributed by atoms with Crippen LogP contribution in [0.25, 0.3) is 0 Å². The summed E-state index contributed by atoms with van der Waals surface area (Å²) in [4.78, 5) is 0. The van der Waals surface area contributed by atoms with Gasteiger partial charge < -0.3 is 5.32 Å². The molecule has 76 valence electrons. The van der Waals surface area contributed by atoms with E-state index in [1.54, 1.807) is 0 Å². The Balaban J connectivity index is 4.36. The predicted octanol–water partition coefficient (Wildman–Crippen LogP) is 3.64. The van der Waals surface area contributed by atoms with Gasteiger partial charge in [0.1, 0.15) is 0 Å². The summed E-state index contributed by atoms with van der Waals surface area (Å²) in [6.07, 6.45) is 9.11. The Bertz CT molecular complexity index is 178. The van der Waals surface area contributed by atoms with Crippen LogP contribution in [0.4, 0.5) is 0 Å². The highest BCUT2D eigenvalue weighted by Crippen LogP contribution is 2.16. The molecule has 0 aromatic heterocycles. The van der Waals surface area contributed by atoms with Gasteiger partial charge in [-0.3, -0.25) is 0 Å². The SMILES string of the molecule is CCC/C(C)=C(/C=C\NC)CCC. The molecule has 0 atom stereocenters. The summed E-state index contributed by atoms with van der Waals surface area (Å²) in [6, 6.07) is 0. The summed E-state index contributed by atoms with van der Waals surface area (Å²) in [5.41, 5.74) is 3.04. The highest BCUT2D eigenvalue weighted by atomic mass is 14.8. The standard InChI is InChI=1S/C12H23N/c1-5-7-11(3)12(8-6-2)9-10-13-4/h9-10,13H,5-8H2,1-4H3/b10-9-,12-11+. The molecule has 0 saturated heterocycles. The zero-order valence-electron chi connectivity index (χ0n) is 9.48. The molecule has 1 heteroatoms. The first-order valence-corrected chi connectivity index (χ1v) is 5.28. The summed E-state index contributed by atoms with van der Waals surface area (Å²) in [5.74, 6) is 0. The van der Waals surface area contributed by atoms with Gasteiger partial charge in [0.25, 0.3) is 0 Å². The number of rotatable bonds is 6. The summed E-state index contributed by atoms with van der Waals surface area (Å²) >= 11 is 0. The van der Waals surface area contributed by atoms with Crippen molar-refractivity contribution in [1.29, 1.82) is 0 Å². The molecular weight excluding hydrogens is 158 g/mol. The van der Waals surface area contributed by atoms with Gasteiger partial charge in [0, 0.05) is 7.05 Å². The zero-order valence-corrected chi connectivity index (χ0v) is 9.48. The molecule has 0 amide bonds. The van der Waals surface area contributed by atoms with Crippen molar-refractivity contribution >= 4 is 0 Å². The minimum absolute atomic E-state index is 1.20. The summed E-state index contributed by atoms with van der Waals surface area (Å²) in [5, 5.41) is 3.04. The van der Waals surface area contributed by atoms with E-state index in [2.05, 4.69) is 32.2 Å². The van der Waals surface area contributed by atoms with Gasteiger partial charge in [-0.2, -0.15) is 0 Å². The van der Waals surface area contributed by atoms with E-state index >= 15 is 0 Å². The molecule has 13 heavy (non-hydrogen) atoms. The van der Waals surface area contributed by atoms with Crippen LogP contribution in [0.15, 0.2) is 23.4 Å². The number of hydrogen-bond donors (Lipinski definition) is 1. The predicted molar refractivity (Wildman–Crippen MR) is 60.7 cm³/mol. The summed E-state index contributed by atoms with van der Waals surface area (Å²) < 4.78 is 0. The maximum atomic E-state index is 3.04. The highest BCUT2D eigenvalue weighted by molar-refractivity contribution is 5.24. The highest BCUT2D eigenvalue weighted by Gasteiger charge is 1.96. The lowest BCUT2D eigenvalue weighted by Gasteiger charge is -2.06. The second-order valence-electron chi connectivity index (χ2n) is 3.43. The second-order valence-corrected chi connectivity index (χ2v) is 3.43. The van der Waals surface area contributed by atoms with Crippen LogP contribution in [0.5, 0.6) is 0 Å². The van der Waals surface area contributed by atoms with E-state index in [-0.39, 0.29) is 0 Å². The van der Waals surface area contributed by atoms with Crippen LogP contribution in [0, 0.1) is 0 Å². The lowest BCUT2D eigenvalue weighted by Crippen LogP contribution is -1.93. The van der Waals surface area contributed by atoms with Gasteiger partial charge in [0.15, 0.2) is 0 Å². The molecule has 0 spiro atoms. The largest absolute Gasteiger partial charge is 0.394 e. The Labute approximate surface area is 82.9 Å². The van der Waals surface area contributed by atoms with E-state index in [0.29, 0.717) is 0 Å². The van der Waals surface area contributed by atoms with Crippen molar-refractivity contribution in [3.8, 4) is 0 Å². The summed E-state index contributed by atoms with van der Waals surface area (Å²) in [6.45, 7) is 6.70. The molecule has 0 rings (SSSR count). The number of allylic oxidation sites excluding steroid dienone is 3. The van der Waals surface area contributed by atoms with Gasteiger partial charge in [0.05, 0.1) is 0 Å². The van der Waals surface area contributed by atoms with Crippen molar-refractivity contribution in [2.24, 2.45) is 0 Å². The quantitative estimate of drug-likeness (QED) is 0.617. The molecule has 1 nitrogen and oxygen atoms in total. The molecule has 0 aromatic carbocycles. The first kappa shape index (κ1) is 12.3. The van der Waals surface area contributed by atoms with Crippen LogP contribution in [0.2, 0.25) is 0 Å². The Hall–Kier alpha value is -0.720. The molecule has 0 bridgehead atoms. The Kier molecular flexibility index (Phi) is 7.47. The van der Waals surface area contributed by atoms with E-state index in [1.165, 1.54) is 36.8 Å². The molecule has 0 aliphatic heterocycles. The van der Waals surface area contributed by atoms with E-state index in [4.69, 9.17) is 0 Å². The molecule has 0 aliphatic rings. The van der Waals surface area contributed by atoms with E-state index in [0.717, 1.165) is 0 Å². The van der Waals surface area contributed by atoms with E-state index in [1.807, 2.05) is 13.2 Å². The third-order valence-corrected chi connectivity index (χ3v) is 2.14. The topological polar surface area (TPSA) is 12.0 Å². The molecular formula is C12H23N. The minimum Gasteiger partial charge on any atom is -0.394 e. The van der Waals surface area contributed by atoms with E-state index < -0.39 is 0 Å². The molecule has 0 unspecified atom stereocenters. The van der Waals surface area contributed by atoms with Crippen LogP contribution in [0.1, 0.15) is 46.5 Å². The Morgan fingerprint density at radius 2 is 1.77 bits per heavy atom. The second kappa shape index (κ2) is 7.90. The van der Waals surface area contributed by atoms with Crippen molar-refractivity contribution in [2.45, 2.75) is 46.5 Å². The lowest BCUT2D eigenvalue weighted by molar-refractivity contribution is 0.851. The lowest BCUT2D eigenvalue weighted by atomic mass is 10.0. The molecule has 0 saturated carbocycles. The Morgan fingerprint density at radius 1 is 1.15 bits per heavy atom. The maximum Gasteiger partial charge on any atom is 0.00277 e. The normalized spacial score (nSPS) is 13.2. The molecule has 1 N–H and O–H groups in total. The summed E-state index contributed by atoms with van der Waals surface area (Å²) in [7, 11) is 1.94. The molecule has 0 aromatic rings. The monoisotopic (exact) mass is 181 g/mol. The Morgan fingerprint density at radius 3 is 2.23 bits per heavy atom. The fourth-order valence-corrected chi connectivity index (χ4v) is 1.43. The van der Waals surface area contributed by atoms with Gasteiger partial charge in [-0.05, 0) is 37.6 Å². The molecule has 0 heterocycles. The van der Waals surface area contributed by atoms with Crippen LogP contribution in [-0.2, 0) is 0 Å². The minimum atomic E-state index is 1.20. The third-order valence-electron chi connectivity index (χ3n) is 2.14. The fraction of sp³-hybridized carbons (Fsp3) is 0.667. The first-order chi connectivity index (χ1) is 6.26. The van der Waals surface area contributed by atoms with Gasteiger partial charge in [0.2, 0.25) is 0 Å². The van der Waals surface area contributed by atoms with Crippen molar-refractivity contribution in [3.63, 3.8) is 0 Å². The van der Waals surface area contributed by atoms with Crippen molar-refractivity contribution < 1.29 is 0 Å². The number of hydrogen-bond acceptors (Lipinski definition) is 1. The smallest absolute Gasteiger partial charge is 0.00277 e. The van der Waals surface area contributed by atoms with Crippen LogP contribution >= 0.6 is 0 Å². The van der Waals surface area contributed by atoms with Gasteiger partial charge in [-0.25, -0.2) is 0 Å². The van der Waals surface area contributed by atoms with Crippen LogP contribution in [-0.4, -0.2) is 7.05 Å². The fourth-order valence-electron chi connectivity index (χ4n) is 1.43. The average Bonchev–Trinajstić information content (AvgIpc) is 2.12. The van der Waals surface area contributed by atoms with Gasteiger partial charge in [-0.1, -0.05) is 32.3 Å². The van der Waals surface area contributed by atoms with Gasteiger partial charge in [-0.15, -0.1) is 0 Å². The van der Waals surface area contributed by atoms with Crippen molar-refractivity contribution in [2.75, 3.05) is 7.05 Å². The third kappa shape index (κ3) is 5.51. The van der Waals surface area contributed by atoms with Crippen LogP contribution in [0.3, 0.4) is 0 Å². The molecule has 0 fully saturated rings.